The zero-order chi connectivity index (χ0) is 24.7. The lowest BCUT2D eigenvalue weighted by Gasteiger charge is -2.67. The van der Waals surface area contributed by atoms with Crippen LogP contribution in [-0.4, -0.2) is 63.5 Å². The number of sulfone groups is 1. The molecular weight excluding hydrogens is 474 g/mol. The highest BCUT2D eigenvalue weighted by molar-refractivity contribution is 7.93. The second-order valence-electron chi connectivity index (χ2n) is 13.3. The minimum atomic E-state index is -3.57. The van der Waals surface area contributed by atoms with Gasteiger partial charge < -0.3 is 14.2 Å². The molecule has 36 heavy (non-hydrogen) atoms. The summed E-state index contributed by atoms with van der Waals surface area (Å²) in [7, 11) is -1.85. The highest BCUT2D eigenvalue weighted by Crippen LogP contribution is 2.87. The van der Waals surface area contributed by atoms with Crippen molar-refractivity contribution in [1.82, 2.24) is 4.90 Å². The molecule has 6 nitrogen and oxygen atoms in total. The maximum Gasteiger partial charge on any atom is 0.210 e. The van der Waals surface area contributed by atoms with Crippen molar-refractivity contribution in [3.63, 3.8) is 0 Å². The van der Waals surface area contributed by atoms with E-state index in [9.17, 15) is 8.42 Å². The normalized spacial score (nSPS) is 53.8. The number of hydrogen-bond donors (Lipinski definition) is 0. The van der Waals surface area contributed by atoms with E-state index >= 15 is 0 Å². The van der Waals surface area contributed by atoms with Gasteiger partial charge >= 0.3 is 0 Å². The van der Waals surface area contributed by atoms with E-state index in [-0.39, 0.29) is 29.0 Å². The van der Waals surface area contributed by atoms with E-state index in [4.69, 9.17) is 14.2 Å². The van der Waals surface area contributed by atoms with Crippen LogP contribution in [-0.2, 0) is 24.0 Å². The van der Waals surface area contributed by atoms with Crippen LogP contribution in [0.15, 0.2) is 35.2 Å². The molecule has 6 saturated carbocycles. The van der Waals surface area contributed by atoms with Crippen LogP contribution in [0.3, 0.4) is 0 Å². The van der Waals surface area contributed by atoms with Gasteiger partial charge in [-0.1, -0.05) is 32.0 Å². The molecule has 2 aliphatic heterocycles. The fraction of sp³-hybridized carbons (Fsp3) is 0.793. The van der Waals surface area contributed by atoms with Crippen molar-refractivity contribution >= 4 is 9.84 Å². The Balaban J connectivity index is 1.28. The summed E-state index contributed by atoms with van der Waals surface area (Å²) in [6, 6.07) is 9.54. The maximum absolute atomic E-state index is 14.2. The average Bonchev–Trinajstić information content (AvgIpc) is 3.58. The highest BCUT2D eigenvalue weighted by Gasteiger charge is 2.92. The molecule has 11 atom stereocenters. The molecule has 1 aromatic rings. The summed E-state index contributed by atoms with van der Waals surface area (Å²) in [5, 5.41) is 0. The summed E-state index contributed by atoms with van der Waals surface area (Å²) in [5.41, 5.74) is 0.338. The number of benzene rings is 1. The highest BCUT2D eigenvalue weighted by atomic mass is 32.2. The number of ether oxygens (including phenoxy) is 3. The fourth-order valence-corrected chi connectivity index (χ4v) is 14.1. The third-order valence-corrected chi connectivity index (χ3v) is 15.0. The minimum Gasteiger partial charge on any atom is -0.359 e. The number of likely N-dealkylation sites (tertiary alicyclic amines) is 1. The van der Waals surface area contributed by atoms with E-state index in [1.165, 1.54) is 19.4 Å². The number of fused-ring (bicyclic) bond motifs is 1. The predicted octanol–water partition coefficient (Wildman–Crippen LogP) is 4.10. The zero-order valence-corrected chi connectivity index (χ0v) is 22.5. The Kier molecular flexibility index (Phi) is 4.43. The Morgan fingerprint density at radius 3 is 2.67 bits per heavy atom. The van der Waals surface area contributed by atoms with Crippen LogP contribution in [0.5, 0.6) is 0 Å². The van der Waals surface area contributed by atoms with Gasteiger partial charge in [0.1, 0.15) is 12.9 Å². The Morgan fingerprint density at radius 2 is 1.92 bits per heavy atom. The Bertz CT molecular complexity index is 1210. The quantitative estimate of drug-likeness (QED) is 0.421. The second-order valence-corrected chi connectivity index (χ2v) is 15.4. The molecule has 7 bridgehead atoms. The van der Waals surface area contributed by atoms with E-state index in [1.807, 2.05) is 18.2 Å². The van der Waals surface area contributed by atoms with Gasteiger partial charge in [0.25, 0.3) is 0 Å². The lowest BCUT2D eigenvalue weighted by atomic mass is 9.40. The number of piperidine rings is 1. The van der Waals surface area contributed by atoms with Crippen LogP contribution in [0.25, 0.3) is 0 Å². The summed E-state index contributed by atoms with van der Waals surface area (Å²) < 4.78 is 47.1. The first-order valence-corrected chi connectivity index (χ1v) is 15.6. The first kappa shape index (κ1) is 22.9. The molecule has 0 N–H and O–H groups in total. The van der Waals surface area contributed by atoms with E-state index in [2.05, 4.69) is 18.7 Å². The van der Waals surface area contributed by atoms with E-state index in [0.29, 0.717) is 40.9 Å². The zero-order valence-electron chi connectivity index (χ0n) is 21.7. The molecule has 1 aromatic carbocycles. The van der Waals surface area contributed by atoms with Crippen molar-refractivity contribution in [2.45, 2.75) is 80.5 Å². The molecule has 2 spiro atoms. The lowest BCUT2D eigenvalue weighted by Crippen LogP contribution is -2.70. The fourth-order valence-electron chi connectivity index (χ4n) is 11.9. The van der Waals surface area contributed by atoms with Crippen LogP contribution in [0.2, 0.25) is 0 Å². The molecular formula is C29H39NO5S. The maximum atomic E-state index is 14.2. The van der Waals surface area contributed by atoms with Crippen molar-refractivity contribution in [3.8, 4) is 0 Å². The molecule has 7 heteroatoms. The monoisotopic (exact) mass is 513 g/mol. The third-order valence-electron chi connectivity index (χ3n) is 12.6. The van der Waals surface area contributed by atoms with Crippen LogP contribution in [0.4, 0.5) is 0 Å². The van der Waals surface area contributed by atoms with Gasteiger partial charge in [0.05, 0.1) is 11.0 Å². The van der Waals surface area contributed by atoms with Gasteiger partial charge in [0, 0.05) is 36.4 Å². The van der Waals surface area contributed by atoms with Crippen LogP contribution < -0.4 is 0 Å². The van der Waals surface area contributed by atoms with Gasteiger partial charge in [-0.05, 0) is 80.4 Å². The third kappa shape index (κ3) is 2.20. The average molecular weight is 514 g/mol. The minimum absolute atomic E-state index is 0.0531. The lowest BCUT2D eigenvalue weighted by molar-refractivity contribution is -0.245. The molecule has 0 aromatic heterocycles. The molecule has 1 unspecified atom stereocenters. The molecule has 8 aliphatic rings. The van der Waals surface area contributed by atoms with Crippen molar-refractivity contribution < 1.29 is 22.6 Å². The van der Waals surface area contributed by atoms with Crippen LogP contribution >= 0.6 is 0 Å². The Labute approximate surface area is 215 Å². The first-order chi connectivity index (χ1) is 17.3. The van der Waals surface area contributed by atoms with Crippen molar-refractivity contribution in [1.29, 1.82) is 0 Å². The second kappa shape index (κ2) is 6.95. The number of nitrogens with zero attached hydrogens (tertiary/aromatic N) is 1. The molecule has 0 radical (unpaired) electrons. The molecule has 9 rings (SSSR count). The Morgan fingerprint density at radius 1 is 1.11 bits per heavy atom. The van der Waals surface area contributed by atoms with Gasteiger partial charge in [0.15, 0.2) is 0 Å². The van der Waals surface area contributed by atoms with Crippen LogP contribution in [0.1, 0.15) is 52.4 Å². The van der Waals surface area contributed by atoms with Gasteiger partial charge in [-0.15, -0.1) is 0 Å². The summed E-state index contributed by atoms with van der Waals surface area (Å²) in [4.78, 5) is 2.19. The summed E-state index contributed by atoms with van der Waals surface area (Å²) in [6.45, 7) is 7.41. The van der Waals surface area contributed by atoms with Crippen molar-refractivity contribution in [3.05, 3.63) is 30.3 Å². The number of methoxy groups -OCH3 is 1. The van der Waals surface area contributed by atoms with E-state index in [1.54, 1.807) is 19.2 Å². The van der Waals surface area contributed by atoms with Gasteiger partial charge in [0.2, 0.25) is 14.8 Å². The van der Waals surface area contributed by atoms with Gasteiger partial charge in [-0.25, -0.2) is 8.42 Å². The predicted molar refractivity (Wildman–Crippen MR) is 134 cm³/mol. The summed E-state index contributed by atoms with van der Waals surface area (Å²) >= 11 is 0. The standard InChI is InChI=1S/C29H39NO5S/c1-4-30-16-26(2)12-11-23(34-17-33-3)28-21(26)15-20(24(28)30)27-13-10-18(14-22(27)28)29(25(27)35-29)36(31,32)19-8-6-5-7-9-19/h5-9,18,20-25H,4,10-17H2,1-3H3/t18-,20-,21+,22+,23-,24?,25+,26-,27-,28-,29+/m0/s1. The topological polar surface area (TPSA) is 68.4 Å². The molecule has 6 aliphatic carbocycles. The molecule has 2 heterocycles. The number of epoxide rings is 1. The van der Waals surface area contributed by atoms with Crippen molar-refractivity contribution in [2.24, 2.45) is 39.9 Å². The molecule has 8 fully saturated rings. The van der Waals surface area contributed by atoms with E-state index < -0.39 is 14.8 Å². The summed E-state index contributed by atoms with van der Waals surface area (Å²) in [6.07, 6.45) is 6.55. The Hall–Kier alpha value is -0.990. The first-order valence-electron chi connectivity index (χ1n) is 14.1. The number of hydrogen-bond acceptors (Lipinski definition) is 6. The van der Waals surface area contributed by atoms with Crippen molar-refractivity contribution in [2.75, 3.05) is 27.0 Å². The smallest absolute Gasteiger partial charge is 0.210 e. The van der Waals surface area contributed by atoms with E-state index in [0.717, 1.165) is 32.2 Å². The van der Waals surface area contributed by atoms with Gasteiger partial charge in [-0.3, -0.25) is 4.90 Å². The van der Waals surface area contributed by atoms with Crippen LogP contribution in [0, 0.1) is 39.9 Å². The number of rotatable bonds is 6. The molecule has 196 valence electrons. The largest absolute Gasteiger partial charge is 0.359 e. The molecule has 2 saturated heterocycles. The summed E-state index contributed by atoms with van der Waals surface area (Å²) in [5.74, 6) is 1.67. The molecule has 0 amide bonds. The van der Waals surface area contributed by atoms with Gasteiger partial charge in [-0.2, -0.15) is 0 Å². The SMILES string of the molecule is CCN1C[C@]2(C)CC[C@H](OCOC)[C@]34C1[C@H](C[C@H]23)[C@@]12CC[C@@H](C[C@H]14)[C@]1(S(=O)(=O)c3ccccc3)O[C@H]21.